The summed E-state index contributed by atoms with van der Waals surface area (Å²) in [7, 11) is 1.86. The van der Waals surface area contributed by atoms with E-state index in [2.05, 4.69) is 15.4 Å². The maximum Gasteiger partial charge on any atom is 0.217 e. The molecule has 3 N–H and O–H groups in total. The molecule has 0 atom stereocenters. The lowest BCUT2D eigenvalue weighted by Gasteiger charge is -2.14. The van der Waals surface area contributed by atoms with E-state index in [0.29, 0.717) is 31.5 Å². The highest BCUT2D eigenvalue weighted by Crippen LogP contribution is 2.33. The first-order valence-corrected chi connectivity index (χ1v) is 11.2. The molecular formula is C25H29FN6O2. The van der Waals surface area contributed by atoms with Gasteiger partial charge >= 0.3 is 0 Å². The molecule has 4 rings (SSSR count). The van der Waals surface area contributed by atoms with Crippen LogP contribution in [0.25, 0.3) is 16.8 Å². The summed E-state index contributed by atoms with van der Waals surface area (Å²) in [6.45, 7) is 4.56. The zero-order chi connectivity index (χ0) is 24.2. The maximum atomic E-state index is 14.9. The Balaban J connectivity index is 1.58. The molecule has 0 saturated carbocycles. The van der Waals surface area contributed by atoms with Gasteiger partial charge in [0, 0.05) is 67.3 Å². The van der Waals surface area contributed by atoms with E-state index in [0.717, 1.165) is 33.9 Å². The molecule has 4 aromatic rings. The van der Waals surface area contributed by atoms with Crippen LogP contribution in [-0.4, -0.2) is 38.2 Å². The number of nitrogens with zero attached hydrogens (tertiary/aromatic N) is 4. The third-order valence-corrected chi connectivity index (χ3v) is 5.91. The van der Waals surface area contributed by atoms with Crippen molar-refractivity contribution in [3.05, 3.63) is 71.2 Å². The highest BCUT2D eigenvalue weighted by molar-refractivity contribution is 5.73. The summed E-state index contributed by atoms with van der Waals surface area (Å²) in [5.74, 6) is -0.343. The number of nitrogens with two attached hydrogens (primary N) is 1. The normalized spacial score (nSPS) is 11.2. The van der Waals surface area contributed by atoms with Gasteiger partial charge < -0.3 is 20.2 Å². The number of ether oxygens (including phenoxy) is 1. The van der Waals surface area contributed by atoms with Crippen molar-refractivity contribution in [1.29, 1.82) is 0 Å². The molecule has 0 fully saturated rings. The van der Waals surface area contributed by atoms with Crippen molar-refractivity contribution in [2.75, 3.05) is 13.2 Å². The summed E-state index contributed by atoms with van der Waals surface area (Å²) >= 11 is 0. The van der Waals surface area contributed by atoms with Gasteiger partial charge in [-0.1, -0.05) is 12.1 Å². The molecule has 3 heterocycles. The number of hydrogen-bond acceptors (Lipinski definition) is 5. The van der Waals surface area contributed by atoms with Crippen molar-refractivity contribution in [2.45, 2.75) is 33.2 Å². The number of carbonyl (C=O) groups is 1. The topological polar surface area (TPSA) is 99.5 Å². The van der Waals surface area contributed by atoms with Gasteiger partial charge in [-0.2, -0.15) is 5.10 Å². The average molecular weight is 465 g/mol. The van der Waals surface area contributed by atoms with Crippen molar-refractivity contribution in [3.63, 3.8) is 0 Å². The first kappa shape index (κ1) is 23.4. The molecule has 9 heteroatoms. The number of fused-ring (bicyclic) bond motifs is 1. The van der Waals surface area contributed by atoms with Crippen LogP contribution in [0.3, 0.4) is 0 Å². The molecule has 178 valence electrons. The van der Waals surface area contributed by atoms with Crippen LogP contribution in [-0.2, 0) is 31.2 Å². The lowest BCUT2D eigenvalue weighted by atomic mass is 10.1. The molecule has 1 aromatic carbocycles. The van der Waals surface area contributed by atoms with Gasteiger partial charge in [-0.3, -0.25) is 9.48 Å². The van der Waals surface area contributed by atoms with E-state index in [1.807, 2.05) is 49.0 Å². The molecule has 0 bridgehead atoms. The van der Waals surface area contributed by atoms with Crippen LogP contribution in [0.4, 0.5) is 4.39 Å². The fourth-order valence-electron chi connectivity index (χ4n) is 4.06. The second-order valence-corrected chi connectivity index (χ2v) is 8.19. The summed E-state index contributed by atoms with van der Waals surface area (Å²) in [6, 6.07) is 8.72. The highest BCUT2D eigenvalue weighted by atomic mass is 19.1. The molecule has 0 aliphatic heterocycles. The summed E-state index contributed by atoms with van der Waals surface area (Å²) < 4.78 is 24.6. The summed E-state index contributed by atoms with van der Waals surface area (Å²) in [5, 5.41) is 7.28. The number of amides is 1. The number of halogens is 1. The predicted molar refractivity (Wildman–Crippen MR) is 128 cm³/mol. The maximum absolute atomic E-state index is 14.9. The van der Waals surface area contributed by atoms with Crippen LogP contribution in [0.1, 0.15) is 29.6 Å². The zero-order valence-corrected chi connectivity index (χ0v) is 19.6. The molecule has 34 heavy (non-hydrogen) atoms. The van der Waals surface area contributed by atoms with Gasteiger partial charge in [-0.15, -0.1) is 0 Å². The van der Waals surface area contributed by atoms with Gasteiger partial charge in [0.15, 0.2) is 11.6 Å². The number of carbonyl (C=O) groups excluding carboxylic acids is 1. The third-order valence-electron chi connectivity index (χ3n) is 5.91. The molecule has 0 aliphatic rings. The monoisotopic (exact) mass is 464 g/mol. The Bertz CT molecular complexity index is 1330. The van der Waals surface area contributed by atoms with Crippen LogP contribution in [0, 0.1) is 12.7 Å². The van der Waals surface area contributed by atoms with Crippen LogP contribution < -0.4 is 15.8 Å². The highest BCUT2D eigenvalue weighted by Gasteiger charge is 2.16. The number of rotatable bonds is 9. The Morgan fingerprint density at radius 1 is 1.24 bits per heavy atom. The second-order valence-electron chi connectivity index (χ2n) is 8.19. The van der Waals surface area contributed by atoms with Crippen molar-refractivity contribution < 1.29 is 13.9 Å². The summed E-state index contributed by atoms with van der Waals surface area (Å²) in [6.07, 6.45) is 4.97. The number of imidazole rings is 1. The minimum Gasteiger partial charge on any atom is -0.490 e. The fourth-order valence-corrected chi connectivity index (χ4v) is 4.06. The number of hydrogen-bond donors (Lipinski definition) is 2. The Kier molecular flexibility index (Phi) is 6.93. The van der Waals surface area contributed by atoms with Crippen molar-refractivity contribution in [1.82, 2.24) is 24.5 Å². The molecule has 1 amide bonds. The van der Waals surface area contributed by atoms with Gasteiger partial charge in [-0.05, 0) is 31.7 Å². The Morgan fingerprint density at radius 3 is 2.82 bits per heavy atom. The Hall–Kier alpha value is -3.72. The Morgan fingerprint density at radius 2 is 2.06 bits per heavy atom. The predicted octanol–water partition coefficient (Wildman–Crippen LogP) is 2.94. The van der Waals surface area contributed by atoms with Gasteiger partial charge in [0.2, 0.25) is 5.91 Å². The number of benzene rings is 1. The van der Waals surface area contributed by atoms with Crippen LogP contribution >= 0.6 is 0 Å². The summed E-state index contributed by atoms with van der Waals surface area (Å²) in [5.41, 5.74) is 11.8. The van der Waals surface area contributed by atoms with Gasteiger partial charge in [0.05, 0.1) is 18.8 Å². The minimum absolute atomic E-state index is 0.119. The minimum atomic E-state index is -0.424. The van der Waals surface area contributed by atoms with Gasteiger partial charge in [0.25, 0.3) is 0 Å². The van der Waals surface area contributed by atoms with E-state index in [4.69, 9.17) is 10.5 Å². The molecule has 0 unspecified atom stereocenters. The first-order valence-electron chi connectivity index (χ1n) is 11.2. The van der Waals surface area contributed by atoms with E-state index in [-0.39, 0.29) is 18.3 Å². The number of nitrogens with one attached hydrogen (secondary N) is 1. The molecule has 3 aromatic heterocycles. The number of pyridine rings is 1. The summed E-state index contributed by atoms with van der Waals surface area (Å²) in [4.78, 5) is 15.7. The van der Waals surface area contributed by atoms with Crippen molar-refractivity contribution >= 4 is 11.6 Å². The SMILES string of the molecule is CC(=O)NCc1nn(C)c(C)c1CCOc1c(F)cccc1-c1ccc2ncc(CCN)n2c1. The molecule has 0 radical (unpaired) electrons. The fraction of sp³-hybridized carbons (Fsp3) is 0.320. The van der Waals surface area contributed by atoms with Crippen LogP contribution in [0.2, 0.25) is 0 Å². The second kappa shape index (κ2) is 10.0. The van der Waals surface area contributed by atoms with E-state index >= 15 is 0 Å². The molecule has 0 saturated heterocycles. The lowest BCUT2D eigenvalue weighted by molar-refractivity contribution is -0.119. The van der Waals surface area contributed by atoms with Gasteiger partial charge in [-0.25, -0.2) is 9.37 Å². The quantitative estimate of drug-likeness (QED) is 0.397. The lowest BCUT2D eigenvalue weighted by Crippen LogP contribution is -2.20. The van der Waals surface area contributed by atoms with E-state index < -0.39 is 5.82 Å². The smallest absolute Gasteiger partial charge is 0.217 e. The van der Waals surface area contributed by atoms with Crippen molar-refractivity contribution in [3.8, 4) is 16.9 Å². The first-order chi connectivity index (χ1) is 16.4. The molecule has 0 spiro atoms. The largest absolute Gasteiger partial charge is 0.490 e. The standard InChI is InChI=1S/C25H29FN6O2/c1-16-20(23(30-31(16)3)14-28-17(2)33)10-12-34-25-21(5-4-6-22(25)26)18-7-8-24-29-13-19(9-11-27)32(24)15-18/h4-8,13,15H,9-12,14,27H2,1-3H3,(H,28,33). The number of aromatic nitrogens is 4. The molecular weight excluding hydrogens is 435 g/mol. The molecule has 0 aliphatic carbocycles. The molecule has 8 nitrogen and oxygen atoms in total. The Labute approximate surface area is 197 Å². The third kappa shape index (κ3) is 4.79. The van der Waals surface area contributed by atoms with E-state index in [1.165, 1.54) is 13.0 Å². The van der Waals surface area contributed by atoms with E-state index in [1.54, 1.807) is 10.7 Å². The van der Waals surface area contributed by atoms with Gasteiger partial charge in [0.1, 0.15) is 5.65 Å². The van der Waals surface area contributed by atoms with Crippen LogP contribution in [0.5, 0.6) is 5.75 Å². The van der Waals surface area contributed by atoms with E-state index in [9.17, 15) is 9.18 Å². The van der Waals surface area contributed by atoms with Crippen molar-refractivity contribution in [2.24, 2.45) is 12.8 Å². The number of aryl methyl sites for hydroxylation is 1. The number of para-hydroxylation sites is 1. The average Bonchev–Trinajstić information content (AvgIpc) is 3.34. The van der Waals surface area contributed by atoms with Crippen LogP contribution in [0.15, 0.2) is 42.7 Å². The zero-order valence-electron chi connectivity index (χ0n) is 19.6.